The molecule has 5 nitrogen and oxygen atoms in total. The van der Waals surface area contributed by atoms with Gasteiger partial charge < -0.3 is 5.32 Å². The van der Waals surface area contributed by atoms with E-state index in [1.165, 1.54) is 44.7 Å². The maximum atomic E-state index is 12.7. The van der Waals surface area contributed by atoms with Crippen LogP contribution in [0.2, 0.25) is 0 Å². The third-order valence-electron chi connectivity index (χ3n) is 7.17. The summed E-state index contributed by atoms with van der Waals surface area (Å²) in [6.45, 7) is 6.24. The van der Waals surface area contributed by atoms with Crippen molar-refractivity contribution < 1.29 is 4.79 Å². The zero-order valence-electron chi connectivity index (χ0n) is 15.6. The van der Waals surface area contributed by atoms with Crippen molar-refractivity contribution in [2.75, 3.05) is 12.3 Å². The second-order valence-corrected chi connectivity index (χ2v) is 11.1. The molecule has 0 saturated heterocycles. The van der Waals surface area contributed by atoms with Crippen molar-refractivity contribution in [2.24, 2.45) is 22.2 Å². The number of amides is 1. The zero-order chi connectivity index (χ0) is 18.2. The van der Waals surface area contributed by atoms with E-state index >= 15 is 0 Å². The molecule has 1 amide bonds. The average molecular weight is 374 g/mol. The van der Waals surface area contributed by atoms with Crippen LogP contribution in [0.25, 0.3) is 0 Å². The van der Waals surface area contributed by atoms with E-state index < -0.39 is 0 Å². The first kappa shape index (κ1) is 16.8. The number of rotatable bonds is 3. The van der Waals surface area contributed by atoms with Crippen LogP contribution in [-0.4, -0.2) is 27.8 Å². The van der Waals surface area contributed by atoms with Crippen molar-refractivity contribution in [3.8, 4) is 0 Å². The summed E-state index contributed by atoms with van der Waals surface area (Å²) in [7, 11) is 0. The van der Waals surface area contributed by atoms with Crippen molar-refractivity contribution in [1.29, 1.82) is 0 Å². The summed E-state index contributed by atoms with van der Waals surface area (Å²) < 4.78 is 1.63. The van der Waals surface area contributed by atoms with Gasteiger partial charge in [0.15, 0.2) is 5.16 Å². The standard InChI is InChI=1S/C20H27N3O2S/c1-18-5-13-6-19(2,9-18)11-20(7-13,10-18)12-22-15(24)14-8-21-17-23(16(14)25)3-4-26-17/h8,13H,3-7,9-12H2,1-2H3,(H,22,24)/t13?,18-,19-,20?/m0/s1. The van der Waals surface area contributed by atoms with Gasteiger partial charge in [0.25, 0.3) is 11.5 Å². The topological polar surface area (TPSA) is 64.0 Å². The Labute approximate surface area is 158 Å². The van der Waals surface area contributed by atoms with E-state index in [1.54, 1.807) is 16.3 Å². The van der Waals surface area contributed by atoms with E-state index in [1.807, 2.05) is 0 Å². The monoisotopic (exact) mass is 373 g/mol. The van der Waals surface area contributed by atoms with Gasteiger partial charge in [0, 0.05) is 25.0 Å². The molecule has 4 fully saturated rings. The molecular formula is C20H27N3O2S. The molecule has 0 unspecified atom stereocenters. The minimum Gasteiger partial charge on any atom is -0.351 e. The predicted octanol–water partition coefficient (Wildman–Crippen LogP) is 3.08. The molecule has 2 heterocycles. The largest absolute Gasteiger partial charge is 0.351 e. The van der Waals surface area contributed by atoms with E-state index in [2.05, 4.69) is 24.1 Å². The molecule has 4 saturated carbocycles. The van der Waals surface area contributed by atoms with Crippen LogP contribution < -0.4 is 10.9 Å². The minimum atomic E-state index is -0.249. The number of nitrogens with zero attached hydrogens (tertiary/aromatic N) is 2. The first-order valence-electron chi connectivity index (χ1n) is 9.80. The molecule has 5 aliphatic rings. The molecule has 4 aliphatic carbocycles. The minimum absolute atomic E-state index is 0.193. The zero-order valence-corrected chi connectivity index (χ0v) is 16.5. The van der Waals surface area contributed by atoms with Crippen molar-refractivity contribution in [3.05, 3.63) is 22.1 Å². The van der Waals surface area contributed by atoms with Crippen LogP contribution in [0.5, 0.6) is 0 Å². The number of aromatic nitrogens is 2. The molecular weight excluding hydrogens is 346 g/mol. The Morgan fingerprint density at radius 2 is 2.00 bits per heavy atom. The molecule has 1 aromatic heterocycles. The van der Waals surface area contributed by atoms with Crippen molar-refractivity contribution >= 4 is 17.7 Å². The van der Waals surface area contributed by atoms with Crippen LogP contribution in [0.4, 0.5) is 0 Å². The summed E-state index contributed by atoms with van der Waals surface area (Å²) in [5.74, 6) is 1.41. The Morgan fingerprint density at radius 3 is 2.69 bits per heavy atom. The summed E-state index contributed by atoms with van der Waals surface area (Å²) in [6, 6.07) is 0. The van der Waals surface area contributed by atoms with Gasteiger partial charge in [-0.15, -0.1) is 0 Å². The van der Waals surface area contributed by atoms with E-state index in [-0.39, 0.29) is 22.4 Å². The molecule has 6 heteroatoms. The molecule has 26 heavy (non-hydrogen) atoms. The fourth-order valence-electron chi connectivity index (χ4n) is 7.42. The lowest BCUT2D eigenvalue weighted by atomic mass is 9.40. The number of hydrogen-bond acceptors (Lipinski definition) is 4. The van der Waals surface area contributed by atoms with Gasteiger partial charge in [-0.2, -0.15) is 0 Å². The predicted molar refractivity (Wildman–Crippen MR) is 101 cm³/mol. The second-order valence-electron chi connectivity index (χ2n) is 10.1. The van der Waals surface area contributed by atoms with Crippen LogP contribution in [0, 0.1) is 22.2 Å². The van der Waals surface area contributed by atoms with E-state index in [0.717, 1.165) is 16.8 Å². The normalized spacial score (nSPS) is 39.8. The van der Waals surface area contributed by atoms with Crippen molar-refractivity contribution in [2.45, 2.75) is 64.1 Å². The Kier molecular flexibility index (Phi) is 3.48. The molecule has 6 rings (SSSR count). The molecule has 2 atom stereocenters. The van der Waals surface area contributed by atoms with Gasteiger partial charge >= 0.3 is 0 Å². The van der Waals surface area contributed by atoms with Gasteiger partial charge in [0.05, 0.1) is 0 Å². The van der Waals surface area contributed by atoms with Crippen LogP contribution in [0.3, 0.4) is 0 Å². The van der Waals surface area contributed by atoms with Gasteiger partial charge in [0.1, 0.15) is 5.56 Å². The first-order chi connectivity index (χ1) is 12.3. The Balaban J connectivity index is 1.35. The third-order valence-corrected chi connectivity index (χ3v) is 8.14. The van der Waals surface area contributed by atoms with E-state index in [0.29, 0.717) is 23.9 Å². The number of carbonyl (C=O) groups excluding carboxylic acids is 1. The lowest BCUT2D eigenvalue weighted by Gasteiger charge is -2.65. The molecule has 0 spiro atoms. The van der Waals surface area contributed by atoms with Crippen LogP contribution in [-0.2, 0) is 6.54 Å². The Morgan fingerprint density at radius 1 is 1.27 bits per heavy atom. The SMILES string of the molecule is C[C@@]12CC3CC(CNC(=O)c4cnc5n(c4=O)CCS5)(C1)C[C@@](C)(C3)C2. The average Bonchev–Trinajstić information content (AvgIpc) is 2.99. The lowest BCUT2D eigenvalue weighted by Crippen LogP contribution is -2.58. The van der Waals surface area contributed by atoms with Crippen molar-refractivity contribution in [1.82, 2.24) is 14.9 Å². The van der Waals surface area contributed by atoms with Crippen LogP contribution in [0.15, 0.2) is 16.1 Å². The highest BCUT2D eigenvalue weighted by Crippen LogP contribution is 2.69. The fraction of sp³-hybridized carbons (Fsp3) is 0.750. The van der Waals surface area contributed by atoms with E-state index in [4.69, 9.17) is 0 Å². The highest BCUT2D eigenvalue weighted by atomic mass is 32.2. The highest BCUT2D eigenvalue weighted by Gasteiger charge is 2.59. The summed E-state index contributed by atoms with van der Waals surface area (Å²) in [5, 5.41) is 3.85. The molecule has 1 aromatic rings. The quantitative estimate of drug-likeness (QED) is 0.827. The van der Waals surface area contributed by atoms with E-state index in [9.17, 15) is 9.59 Å². The Hall–Kier alpha value is -1.30. The summed E-state index contributed by atoms with van der Waals surface area (Å²) in [6.07, 6.45) is 9.16. The third kappa shape index (κ3) is 2.55. The van der Waals surface area contributed by atoms with Crippen LogP contribution in [0.1, 0.15) is 62.7 Å². The maximum absolute atomic E-state index is 12.7. The van der Waals surface area contributed by atoms with Gasteiger partial charge in [-0.25, -0.2) is 4.98 Å². The Bertz CT molecular complexity index is 830. The first-order valence-corrected chi connectivity index (χ1v) is 10.8. The summed E-state index contributed by atoms with van der Waals surface area (Å²) >= 11 is 1.57. The van der Waals surface area contributed by atoms with Gasteiger partial charge in [0.2, 0.25) is 0 Å². The van der Waals surface area contributed by atoms with Crippen LogP contribution >= 0.6 is 11.8 Å². The molecule has 140 valence electrons. The number of fused-ring (bicyclic) bond motifs is 1. The number of hydrogen-bond donors (Lipinski definition) is 1. The fourth-order valence-corrected chi connectivity index (χ4v) is 8.33. The van der Waals surface area contributed by atoms with Gasteiger partial charge in [-0.05, 0) is 60.7 Å². The van der Waals surface area contributed by atoms with Gasteiger partial charge in [-0.1, -0.05) is 25.6 Å². The molecule has 4 bridgehead atoms. The second kappa shape index (κ2) is 5.37. The van der Waals surface area contributed by atoms with Crippen molar-refractivity contribution in [3.63, 3.8) is 0 Å². The number of nitrogens with one attached hydrogen (secondary N) is 1. The summed E-state index contributed by atoms with van der Waals surface area (Å²) in [5.41, 5.74) is 1.09. The molecule has 1 N–H and O–H groups in total. The summed E-state index contributed by atoms with van der Waals surface area (Å²) in [4.78, 5) is 29.6. The number of thioether (sulfide) groups is 1. The molecule has 0 aromatic carbocycles. The molecule has 0 radical (unpaired) electrons. The molecule has 1 aliphatic heterocycles. The highest BCUT2D eigenvalue weighted by molar-refractivity contribution is 7.99. The lowest BCUT2D eigenvalue weighted by molar-refractivity contribution is -0.142. The maximum Gasteiger partial charge on any atom is 0.267 e. The van der Waals surface area contributed by atoms with Gasteiger partial charge in [-0.3, -0.25) is 14.2 Å². The smallest absolute Gasteiger partial charge is 0.267 e. The number of carbonyl (C=O) groups is 1.